The highest BCUT2D eigenvalue weighted by Gasteiger charge is 2.05. The zero-order chi connectivity index (χ0) is 14.5. The fourth-order valence-corrected chi connectivity index (χ4v) is 2.24. The SMILES string of the molecule is Cc1ccc(NC(=O)CCc2cccc(Cl)c2)cc1Cl. The molecule has 20 heavy (non-hydrogen) atoms. The maximum Gasteiger partial charge on any atom is 0.224 e. The van der Waals surface area contributed by atoms with Crippen molar-refractivity contribution in [2.75, 3.05) is 5.32 Å². The summed E-state index contributed by atoms with van der Waals surface area (Å²) in [4.78, 5) is 11.9. The van der Waals surface area contributed by atoms with Crippen LogP contribution in [-0.4, -0.2) is 5.91 Å². The van der Waals surface area contributed by atoms with Crippen molar-refractivity contribution in [3.05, 3.63) is 63.6 Å². The molecule has 0 heterocycles. The Morgan fingerprint density at radius 1 is 1.15 bits per heavy atom. The zero-order valence-electron chi connectivity index (χ0n) is 11.1. The van der Waals surface area contributed by atoms with E-state index in [9.17, 15) is 4.79 Å². The normalized spacial score (nSPS) is 10.3. The summed E-state index contributed by atoms with van der Waals surface area (Å²) in [5.41, 5.74) is 2.76. The molecule has 2 aromatic carbocycles. The van der Waals surface area contributed by atoms with Crippen LogP contribution in [-0.2, 0) is 11.2 Å². The van der Waals surface area contributed by atoms with Crippen molar-refractivity contribution in [3.8, 4) is 0 Å². The summed E-state index contributed by atoms with van der Waals surface area (Å²) < 4.78 is 0. The maximum absolute atomic E-state index is 11.9. The van der Waals surface area contributed by atoms with Crippen molar-refractivity contribution in [3.63, 3.8) is 0 Å². The Bertz CT molecular complexity index is 626. The van der Waals surface area contributed by atoms with Crippen LogP contribution in [0.3, 0.4) is 0 Å². The zero-order valence-corrected chi connectivity index (χ0v) is 12.6. The molecule has 0 aliphatic rings. The van der Waals surface area contributed by atoms with Gasteiger partial charge in [-0.1, -0.05) is 41.4 Å². The van der Waals surface area contributed by atoms with E-state index in [1.54, 1.807) is 6.07 Å². The molecule has 2 rings (SSSR count). The maximum atomic E-state index is 11.9. The summed E-state index contributed by atoms with van der Waals surface area (Å²) in [6, 6.07) is 13.0. The average Bonchev–Trinajstić information content (AvgIpc) is 2.41. The highest BCUT2D eigenvalue weighted by atomic mass is 35.5. The number of carbonyl (C=O) groups excluding carboxylic acids is 1. The molecule has 0 spiro atoms. The van der Waals surface area contributed by atoms with Gasteiger partial charge in [-0.25, -0.2) is 0 Å². The molecule has 1 amide bonds. The topological polar surface area (TPSA) is 29.1 Å². The second-order valence-electron chi connectivity index (χ2n) is 4.64. The number of carbonyl (C=O) groups is 1. The number of benzene rings is 2. The predicted molar refractivity (Wildman–Crippen MR) is 84.6 cm³/mol. The summed E-state index contributed by atoms with van der Waals surface area (Å²) in [5, 5.41) is 4.18. The first-order valence-corrected chi connectivity index (χ1v) is 7.10. The first-order chi connectivity index (χ1) is 9.54. The molecule has 104 valence electrons. The lowest BCUT2D eigenvalue weighted by Crippen LogP contribution is -2.12. The van der Waals surface area contributed by atoms with Gasteiger partial charge < -0.3 is 5.32 Å². The van der Waals surface area contributed by atoms with Crippen LogP contribution in [0, 0.1) is 6.92 Å². The minimum Gasteiger partial charge on any atom is -0.326 e. The third-order valence-corrected chi connectivity index (χ3v) is 3.63. The summed E-state index contributed by atoms with van der Waals surface area (Å²) in [7, 11) is 0. The van der Waals surface area contributed by atoms with Crippen LogP contribution >= 0.6 is 23.2 Å². The molecule has 0 aliphatic carbocycles. The van der Waals surface area contributed by atoms with E-state index in [0.29, 0.717) is 22.9 Å². The minimum atomic E-state index is -0.0371. The number of amides is 1. The number of rotatable bonds is 4. The van der Waals surface area contributed by atoms with Crippen molar-refractivity contribution >= 4 is 34.8 Å². The van der Waals surface area contributed by atoms with Gasteiger partial charge in [-0.05, 0) is 48.7 Å². The van der Waals surface area contributed by atoms with Crippen LogP contribution in [0.2, 0.25) is 10.0 Å². The number of aryl methyl sites for hydroxylation is 2. The summed E-state index contributed by atoms with van der Waals surface area (Å²) in [5.74, 6) is -0.0371. The highest BCUT2D eigenvalue weighted by molar-refractivity contribution is 6.31. The molecule has 0 atom stereocenters. The van der Waals surface area contributed by atoms with E-state index in [1.807, 2.05) is 43.3 Å². The molecule has 0 saturated carbocycles. The molecular formula is C16H15Cl2NO. The smallest absolute Gasteiger partial charge is 0.224 e. The largest absolute Gasteiger partial charge is 0.326 e. The van der Waals surface area contributed by atoms with Crippen LogP contribution in [0.4, 0.5) is 5.69 Å². The fourth-order valence-electron chi connectivity index (χ4n) is 1.84. The van der Waals surface area contributed by atoms with Crippen LogP contribution < -0.4 is 5.32 Å². The number of nitrogens with one attached hydrogen (secondary N) is 1. The number of hydrogen-bond donors (Lipinski definition) is 1. The number of halogens is 2. The van der Waals surface area contributed by atoms with Crippen LogP contribution in [0.15, 0.2) is 42.5 Å². The second-order valence-corrected chi connectivity index (χ2v) is 5.49. The second kappa shape index (κ2) is 6.78. The monoisotopic (exact) mass is 307 g/mol. The molecule has 1 N–H and O–H groups in total. The Labute approximate surface area is 128 Å². The van der Waals surface area contributed by atoms with Crippen molar-refractivity contribution in [1.82, 2.24) is 0 Å². The fraction of sp³-hybridized carbons (Fsp3) is 0.188. The first kappa shape index (κ1) is 14.9. The van der Waals surface area contributed by atoms with Gasteiger partial charge in [-0.3, -0.25) is 4.79 Å². The molecule has 4 heteroatoms. The molecular weight excluding hydrogens is 293 g/mol. The summed E-state index contributed by atoms with van der Waals surface area (Å²) >= 11 is 11.9. The molecule has 2 aromatic rings. The quantitative estimate of drug-likeness (QED) is 0.857. The molecule has 0 fully saturated rings. The lowest BCUT2D eigenvalue weighted by molar-refractivity contribution is -0.116. The molecule has 0 radical (unpaired) electrons. The van der Waals surface area contributed by atoms with Gasteiger partial charge in [0.15, 0.2) is 0 Å². The molecule has 2 nitrogen and oxygen atoms in total. The van der Waals surface area contributed by atoms with E-state index in [1.165, 1.54) is 0 Å². The van der Waals surface area contributed by atoms with Gasteiger partial charge in [0.1, 0.15) is 0 Å². The number of hydrogen-bond acceptors (Lipinski definition) is 1. The van der Waals surface area contributed by atoms with Crippen molar-refractivity contribution in [2.24, 2.45) is 0 Å². The molecule has 0 bridgehead atoms. The van der Waals surface area contributed by atoms with E-state index in [2.05, 4.69) is 5.32 Å². The Morgan fingerprint density at radius 3 is 2.65 bits per heavy atom. The van der Waals surface area contributed by atoms with Crippen molar-refractivity contribution < 1.29 is 4.79 Å². The summed E-state index contributed by atoms with van der Waals surface area (Å²) in [6.45, 7) is 1.92. The van der Waals surface area contributed by atoms with Crippen molar-refractivity contribution in [2.45, 2.75) is 19.8 Å². The number of anilines is 1. The summed E-state index contributed by atoms with van der Waals surface area (Å²) in [6.07, 6.45) is 1.07. The third kappa shape index (κ3) is 4.26. The van der Waals surface area contributed by atoms with Gasteiger partial charge in [-0.15, -0.1) is 0 Å². The Hall–Kier alpha value is -1.51. The molecule has 0 aromatic heterocycles. The van der Waals surface area contributed by atoms with Gasteiger partial charge in [-0.2, -0.15) is 0 Å². The van der Waals surface area contributed by atoms with Crippen LogP contribution in [0.5, 0.6) is 0 Å². The van der Waals surface area contributed by atoms with Crippen LogP contribution in [0.1, 0.15) is 17.5 Å². The van der Waals surface area contributed by atoms with Gasteiger partial charge in [0.2, 0.25) is 5.91 Å². The van der Waals surface area contributed by atoms with E-state index < -0.39 is 0 Å². The standard InChI is InChI=1S/C16H15Cl2NO/c1-11-5-7-14(10-15(11)18)19-16(20)8-6-12-3-2-4-13(17)9-12/h2-5,7,9-10H,6,8H2,1H3,(H,19,20). The van der Waals surface area contributed by atoms with E-state index >= 15 is 0 Å². The van der Waals surface area contributed by atoms with E-state index in [0.717, 1.165) is 16.8 Å². The van der Waals surface area contributed by atoms with Gasteiger partial charge in [0.25, 0.3) is 0 Å². The van der Waals surface area contributed by atoms with Crippen molar-refractivity contribution in [1.29, 1.82) is 0 Å². The predicted octanol–water partition coefficient (Wildman–Crippen LogP) is 4.87. The molecule has 0 saturated heterocycles. The lowest BCUT2D eigenvalue weighted by atomic mass is 10.1. The van der Waals surface area contributed by atoms with E-state index in [-0.39, 0.29) is 5.91 Å². The Kier molecular flexibility index (Phi) is 5.05. The first-order valence-electron chi connectivity index (χ1n) is 6.35. The highest BCUT2D eigenvalue weighted by Crippen LogP contribution is 2.20. The average molecular weight is 308 g/mol. The van der Waals surface area contributed by atoms with Gasteiger partial charge >= 0.3 is 0 Å². The minimum absolute atomic E-state index is 0.0371. The Balaban J connectivity index is 1.91. The van der Waals surface area contributed by atoms with Crippen LogP contribution in [0.25, 0.3) is 0 Å². The molecule has 0 aliphatic heterocycles. The molecule has 0 unspecified atom stereocenters. The van der Waals surface area contributed by atoms with Gasteiger partial charge in [0.05, 0.1) is 0 Å². The lowest BCUT2D eigenvalue weighted by Gasteiger charge is -2.07. The van der Waals surface area contributed by atoms with Gasteiger partial charge in [0, 0.05) is 22.2 Å². The Morgan fingerprint density at radius 2 is 1.95 bits per heavy atom. The third-order valence-electron chi connectivity index (χ3n) is 2.99. The van der Waals surface area contributed by atoms with E-state index in [4.69, 9.17) is 23.2 Å².